The molecule has 1 aromatic heterocycles. The van der Waals surface area contributed by atoms with Crippen molar-refractivity contribution in [1.29, 1.82) is 0 Å². The Kier molecular flexibility index (Phi) is 6.06. The molecule has 0 unspecified atom stereocenters. The van der Waals surface area contributed by atoms with Crippen LogP contribution in [0, 0.1) is 17.6 Å². The molecule has 2 aromatic carbocycles. The first-order valence-electron chi connectivity index (χ1n) is 10.0. The van der Waals surface area contributed by atoms with Crippen molar-refractivity contribution in [2.45, 2.75) is 12.8 Å². The van der Waals surface area contributed by atoms with E-state index in [0.29, 0.717) is 25.9 Å². The molecule has 0 spiro atoms. The van der Waals surface area contributed by atoms with Gasteiger partial charge in [-0.3, -0.25) is 4.79 Å². The Morgan fingerprint density at radius 2 is 1.84 bits per heavy atom. The van der Waals surface area contributed by atoms with E-state index in [1.807, 2.05) is 36.4 Å². The molecule has 31 heavy (non-hydrogen) atoms. The largest absolute Gasteiger partial charge is 0.496 e. The number of rotatable bonds is 5. The van der Waals surface area contributed by atoms with Gasteiger partial charge < -0.3 is 15.0 Å². The summed E-state index contributed by atoms with van der Waals surface area (Å²) in [6, 6.07) is 14.5. The summed E-state index contributed by atoms with van der Waals surface area (Å²) in [7, 11) is 1.62. The molecule has 8 heteroatoms. The number of carbonyl (C=O) groups excluding carboxylic acids is 1. The van der Waals surface area contributed by atoms with E-state index < -0.39 is 11.6 Å². The highest BCUT2D eigenvalue weighted by Crippen LogP contribution is 2.29. The number of para-hydroxylation sites is 1. The molecule has 0 aliphatic carbocycles. The summed E-state index contributed by atoms with van der Waals surface area (Å²) < 4.78 is 32.2. The number of nitrogens with zero attached hydrogens (tertiary/aromatic N) is 3. The number of benzene rings is 2. The Morgan fingerprint density at radius 3 is 2.52 bits per heavy atom. The highest BCUT2D eigenvalue weighted by Gasteiger charge is 2.26. The van der Waals surface area contributed by atoms with Gasteiger partial charge in [0.1, 0.15) is 17.4 Å². The number of anilines is 2. The number of hydrogen-bond donors (Lipinski definition) is 1. The lowest BCUT2D eigenvalue weighted by molar-refractivity contribution is -0.120. The minimum atomic E-state index is -0.781. The fourth-order valence-electron chi connectivity index (χ4n) is 3.69. The summed E-state index contributed by atoms with van der Waals surface area (Å²) in [5, 5.41) is 11.2. The minimum Gasteiger partial charge on any atom is -0.496 e. The van der Waals surface area contributed by atoms with E-state index in [4.69, 9.17) is 4.74 Å². The quantitative estimate of drug-likeness (QED) is 0.662. The first-order valence-corrected chi connectivity index (χ1v) is 10.0. The van der Waals surface area contributed by atoms with Gasteiger partial charge in [0.25, 0.3) is 0 Å². The molecule has 160 valence electrons. The van der Waals surface area contributed by atoms with E-state index in [0.717, 1.165) is 35.0 Å². The van der Waals surface area contributed by atoms with Gasteiger partial charge in [-0.1, -0.05) is 12.1 Å². The van der Waals surface area contributed by atoms with Crippen LogP contribution in [0.5, 0.6) is 5.75 Å². The number of amides is 1. The molecular weight excluding hydrogens is 402 g/mol. The van der Waals surface area contributed by atoms with Gasteiger partial charge in [0.05, 0.1) is 18.5 Å². The van der Waals surface area contributed by atoms with E-state index in [2.05, 4.69) is 20.4 Å². The smallest absolute Gasteiger partial charge is 0.227 e. The fraction of sp³-hybridized carbons (Fsp3) is 0.261. The maximum absolute atomic E-state index is 13.8. The maximum atomic E-state index is 13.8. The summed E-state index contributed by atoms with van der Waals surface area (Å²) in [5.41, 5.74) is 1.58. The van der Waals surface area contributed by atoms with Gasteiger partial charge in [-0.25, -0.2) is 8.78 Å². The number of methoxy groups -OCH3 is 1. The van der Waals surface area contributed by atoms with Crippen LogP contribution < -0.4 is 15.0 Å². The first-order chi connectivity index (χ1) is 15.0. The zero-order valence-corrected chi connectivity index (χ0v) is 17.0. The second-order valence-corrected chi connectivity index (χ2v) is 7.35. The summed E-state index contributed by atoms with van der Waals surface area (Å²) in [4.78, 5) is 14.6. The average molecular weight is 424 g/mol. The van der Waals surface area contributed by atoms with Gasteiger partial charge in [0.2, 0.25) is 5.91 Å². The molecule has 1 aliphatic heterocycles. The topological polar surface area (TPSA) is 67.3 Å². The molecule has 0 atom stereocenters. The monoisotopic (exact) mass is 424 g/mol. The zero-order valence-electron chi connectivity index (χ0n) is 17.0. The van der Waals surface area contributed by atoms with Gasteiger partial charge >= 0.3 is 0 Å². The Labute approximate surface area is 178 Å². The van der Waals surface area contributed by atoms with Crippen LogP contribution >= 0.6 is 0 Å². The molecule has 0 radical (unpaired) electrons. The predicted molar refractivity (Wildman–Crippen MR) is 114 cm³/mol. The molecule has 0 saturated carbocycles. The Balaban J connectivity index is 1.37. The standard InChI is InChI=1S/C23H22F2N4O2/c1-31-21-5-3-2-4-17(21)19-8-9-22(28-27-19)29-12-10-15(11-13-29)23(30)26-20-7-6-16(24)14-18(20)25/h2-9,14-15H,10-13H2,1H3,(H,26,30). The molecule has 4 rings (SSSR count). The van der Waals surface area contributed by atoms with Crippen LogP contribution in [0.4, 0.5) is 20.3 Å². The van der Waals surface area contributed by atoms with E-state index in [1.165, 1.54) is 6.07 Å². The van der Waals surface area contributed by atoms with E-state index in [-0.39, 0.29) is 17.5 Å². The predicted octanol–water partition coefficient (Wildman–Crippen LogP) is 4.29. The normalized spacial score (nSPS) is 14.4. The average Bonchev–Trinajstić information content (AvgIpc) is 2.81. The Hall–Kier alpha value is -3.55. The summed E-state index contributed by atoms with van der Waals surface area (Å²) >= 11 is 0. The lowest BCUT2D eigenvalue weighted by atomic mass is 9.95. The highest BCUT2D eigenvalue weighted by atomic mass is 19.1. The second-order valence-electron chi connectivity index (χ2n) is 7.35. The highest BCUT2D eigenvalue weighted by molar-refractivity contribution is 5.92. The van der Waals surface area contributed by atoms with Gasteiger partial charge in [-0.15, -0.1) is 10.2 Å². The Morgan fingerprint density at radius 1 is 1.06 bits per heavy atom. The Bertz CT molecular complexity index is 1070. The van der Waals surface area contributed by atoms with Gasteiger partial charge in [-0.05, 0) is 49.2 Å². The maximum Gasteiger partial charge on any atom is 0.227 e. The second kappa shape index (κ2) is 9.07. The van der Waals surface area contributed by atoms with Gasteiger partial charge in [-0.2, -0.15) is 0 Å². The SMILES string of the molecule is COc1ccccc1-c1ccc(N2CCC(C(=O)Nc3ccc(F)cc3F)CC2)nn1. The van der Waals surface area contributed by atoms with Crippen LogP contribution in [0.25, 0.3) is 11.3 Å². The number of ether oxygens (including phenoxy) is 1. The van der Waals surface area contributed by atoms with Crippen molar-refractivity contribution in [1.82, 2.24) is 10.2 Å². The van der Waals surface area contributed by atoms with Gasteiger partial charge in [0.15, 0.2) is 5.82 Å². The van der Waals surface area contributed by atoms with Crippen LogP contribution in [-0.2, 0) is 4.79 Å². The van der Waals surface area contributed by atoms with Crippen molar-refractivity contribution >= 4 is 17.4 Å². The van der Waals surface area contributed by atoms with Crippen molar-refractivity contribution < 1.29 is 18.3 Å². The molecule has 1 fully saturated rings. The van der Waals surface area contributed by atoms with Crippen LogP contribution in [0.1, 0.15) is 12.8 Å². The lowest BCUT2D eigenvalue weighted by Gasteiger charge is -2.31. The molecule has 2 heterocycles. The lowest BCUT2D eigenvalue weighted by Crippen LogP contribution is -2.38. The van der Waals surface area contributed by atoms with E-state index in [1.54, 1.807) is 7.11 Å². The van der Waals surface area contributed by atoms with Crippen molar-refractivity contribution in [2.24, 2.45) is 5.92 Å². The van der Waals surface area contributed by atoms with Crippen LogP contribution in [0.2, 0.25) is 0 Å². The molecule has 3 aromatic rings. The summed E-state index contributed by atoms with van der Waals surface area (Å²) in [6.07, 6.45) is 1.20. The molecule has 1 aliphatic rings. The van der Waals surface area contributed by atoms with Crippen LogP contribution in [0.15, 0.2) is 54.6 Å². The summed E-state index contributed by atoms with van der Waals surface area (Å²) in [6.45, 7) is 1.26. The number of aromatic nitrogens is 2. The van der Waals surface area contributed by atoms with Crippen molar-refractivity contribution in [3.05, 3.63) is 66.2 Å². The number of halogens is 2. The first kappa shape index (κ1) is 20.7. The number of nitrogens with one attached hydrogen (secondary N) is 1. The fourth-order valence-corrected chi connectivity index (χ4v) is 3.69. The molecule has 1 N–H and O–H groups in total. The molecule has 0 bridgehead atoms. The van der Waals surface area contributed by atoms with Crippen molar-refractivity contribution in [3.63, 3.8) is 0 Å². The number of piperidine rings is 1. The summed E-state index contributed by atoms with van der Waals surface area (Å²) in [5.74, 6) is -0.502. The number of hydrogen-bond acceptors (Lipinski definition) is 5. The number of carbonyl (C=O) groups is 1. The van der Waals surface area contributed by atoms with Crippen LogP contribution in [-0.4, -0.2) is 36.3 Å². The third-order valence-corrected chi connectivity index (χ3v) is 5.41. The van der Waals surface area contributed by atoms with E-state index >= 15 is 0 Å². The van der Waals surface area contributed by atoms with Crippen molar-refractivity contribution in [3.8, 4) is 17.0 Å². The molecule has 1 amide bonds. The van der Waals surface area contributed by atoms with E-state index in [9.17, 15) is 13.6 Å². The van der Waals surface area contributed by atoms with Gasteiger partial charge in [0, 0.05) is 30.6 Å². The third-order valence-electron chi connectivity index (χ3n) is 5.41. The molecule has 6 nitrogen and oxygen atoms in total. The third kappa shape index (κ3) is 4.63. The van der Waals surface area contributed by atoms with Crippen molar-refractivity contribution in [2.75, 3.05) is 30.4 Å². The molecule has 1 saturated heterocycles. The minimum absolute atomic E-state index is 0.00775. The van der Waals surface area contributed by atoms with Crippen LogP contribution in [0.3, 0.4) is 0 Å². The zero-order chi connectivity index (χ0) is 21.8. The molecular formula is C23H22F2N4O2.